The Morgan fingerprint density at radius 2 is 1.31 bits per heavy atom. The largest absolute Gasteiger partial charge is 0.150 e. The molecule has 0 fully saturated rings. The molecular formula is C12H8Cl2N2. The lowest BCUT2D eigenvalue weighted by atomic mass is 10.3. The molecule has 0 amide bonds. The molecule has 0 aliphatic carbocycles. The number of halogens is 2. The Labute approximate surface area is 104 Å². The number of nitrogens with zero attached hydrogens (tertiary/aromatic N) is 2. The van der Waals surface area contributed by atoms with Gasteiger partial charge in [0, 0.05) is 0 Å². The van der Waals surface area contributed by atoms with Gasteiger partial charge in [0.25, 0.3) is 0 Å². The van der Waals surface area contributed by atoms with E-state index in [4.69, 9.17) is 23.2 Å². The number of azo groups is 1. The first-order valence-electron chi connectivity index (χ1n) is 4.68. The number of benzene rings is 2. The Balaban J connectivity index is 2.31. The monoisotopic (exact) mass is 250 g/mol. The standard InChI is InChI=1S/C12H8Cl2N2/c13-10-7-4-8-11(14)12(10)16-15-9-5-2-1-3-6-9/h1-8H. The van der Waals surface area contributed by atoms with E-state index in [1.807, 2.05) is 30.3 Å². The molecule has 0 radical (unpaired) electrons. The van der Waals surface area contributed by atoms with Crippen LogP contribution in [0.5, 0.6) is 0 Å². The summed E-state index contributed by atoms with van der Waals surface area (Å²) in [4.78, 5) is 0. The second-order valence-electron chi connectivity index (χ2n) is 3.11. The quantitative estimate of drug-likeness (QED) is 0.637. The minimum Gasteiger partial charge on any atom is -0.150 e. The summed E-state index contributed by atoms with van der Waals surface area (Å²) in [5.74, 6) is 0. The van der Waals surface area contributed by atoms with Crippen LogP contribution in [-0.4, -0.2) is 0 Å². The first kappa shape index (κ1) is 11.1. The van der Waals surface area contributed by atoms with Crippen LogP contribution in [0, 0.1) is 0 Å². The predicted molar refractivity (Wildman–Crippen MR) is 67.1 cm³/mol. The van der Waals surface area contributed by atoms with E-state index in [0.717, 1.165) is 5.69 Å². The van der Waals surface area contributed by atoms with Crippen molar-refractivity contribution in [2.45, 2.75) is 0 Å². The summed E-state index contributed by atoms with van der Waals surface area (Å²) in [5, 5.41) is 9.08. The molecular weight excluding hydrogens is 243 g/mol. The maximum atomic E-state index is 5.96. The average Bonchev–Trinajstić information content (AvgIpc) is 2.30. The lowest BCUT2D eigenvalue weighted by molar-refractivity contribution is 1.23. The lowest BCUT2D eigenvalue weighted by Gasteiger charge is -1.98. The zero-order valence-corrected chi connectivity index (χ0v) is 9.78. The molecule has 2 aromatic carbocycles. The van der Waals surface area contributed by atoms with Crippen molar-refractivity contribution in [2.24, 2.45) is 10.2 Å². The highest BCUT2D eigenvalue weighted by Gasteiger charge is 2.03. The molecule has 2 rings (SSSR count). The second kappa shape index (κ2) is 5.10. The molecule has 0 unspecified atom stereocenters. The van der Waals surface area contributed by atoms with Crippen LogP contribution in [0.4, 0.5) is 11.4 Å². The minimum atomic E-state index is 0.493. The Morgan fingerprint density at radius 1 is 0.688 bits per heavy atom. The Bertz CT molecular complexity index is 489. The zero-order chi connectivity index (χ0) is 11.4. The minimum absolute atomic E-state index is 0.493. The van der Waals surface area contributed by atoms with Gasteiger partial charge in [0.1, 0.15) is 5.69 Å². The van der Waals surface area contributed by atoms with Gasteiger partial charge < -0.3 is 0 Å². The van der Waals surface area contributed by atoms with Crippen LogP contribution < -0.4 is 0 Å². The van der Waals surface area contributed by atoms with Crippen LogP contribution in [0.25, 0.3) is 0 Å². The van der Waals surface area contributed by atoms with E-state index in [9.17, 15) is 0 Å². The smallest absolute Gasteiger partial charge is 0.123 e. The van der Waals surface area contributed by atoms with Gasteiger partial charge in [-0.2, -0.15) is 5.11 Å². The molecule has 4 heteroatoms. The van der Waals surface area contributed by atoms with E-state index in [-0.39, 0.29) is 0 Å². The number of hydrogen-bond acceptors (Lipinski definition) is 2. The molecule has 0 atom stereocenters. The van der Waals surface area contributed by atoms with Crippen molar-refractivity contribution < 1.29 is 0 Å². The summed E-state index contributed by atoms with van der Waals surface area (Å²) >= 11 is 11.9. The molecule has 0 N–H and O–H groups in total. The van der Waals surface area contributed by atoms with Crippen molar-refractivity contribution in [2.75, 3.05) is 0 Å². The molecule has 0 heterocycles. The van der Waals surface area contributed by atoms with Crippen LogP contribution in [0.15, 0.2) is 58.8 Å². The van der Waals surface area contributed by atoms with Gasteiger partial charge in [0.05, 0.1) is 15.7 Å². The van der Waals surface area contributed by atoms with Crippen LogP contribution in [-0.2, 0) is 0 Å². The van der Waals surface area contributed by atoms with Gasteiger partial charge in [-0.1, -0.05) is 47.5 Å². The zero-order valence-electron chi connectivity index (χ0n) is 8.27. The van der Waals surface area contributed by atoms with Crippen molar-refractivity contribution in [1.82, 2.24) is 0 Å². The summed E-state index contributed by atoms with van der Waals surface area (Å²) in [6, 6.07) is 14.6. The maximum Gasteiger partial charge on any atom is 0.123 e. The fraction of sp³-hybridized carbons (Fsp3) is 0. The van der Waals surface area contributed by atoms with Gasteiger partial charge in [0.15, 0.2) is 0 Å². The van der Waals surface area contributed by atoms with Crippen LogP contribution in [0.1, 0.15) is 0 Å². The molecule has 0 saturated heterocycles. The van der Waals surface area contributed by atoms with Crippen molar-refractivity contribution in [3.05, 3.63) is 58.6 Å². The summed E-state index contributed by atoms with van der Waals surface area (Å²) in [6.07, 6.45) is 0. The Kier molecular flexibility index (Phi) is 3.54. The SMILES string of the molecule is Clc1cccc(Cl)c1N=Nc1ccccc1. The third-order valence-electron chi connectivity index (χ3n) is 1.96. The highest BCUT2D eigenvalue weighted by Crippen LogP contribution is 2.33. The molecule has 0 spiro atoms. The van der Waals surface area contributed by atoms with Gasteiger partial charge in [-0.15, -0.1) is 5.11 Å². The van der Waals surface area contributed by atoms with Gasteiger partial charge >= 0.3 is 0 Å². The normalized spacial score (nSPS) is 10.9. The predicted octanol–water partition coefficient (Wildman–Crippen LogP) is 5.41. The maximum absolute atomic E-state index is 5.96. The van der Waals surface area contributed by atoms with Gasteiger partial charge in [0.2, 0.25) is 0 Å². The molecule has 2 nitrogen and oxygen atoms in total. The van der Waals surface area contributed by atoms with E-state index >= 15 is 0 Å². The van der Waals surface area contributed by atoms with Gasteiger partial charge in [-0.3, -0.25) is 0 Å². The van der Waals surface area contributed by atoms with Crippen molar-refractivity contribution in [3.63, 3.8) is 0 Å². The number of rotatable bonds is 2. The molecule has 0 aliphatic rings. The van der Waals surface area contributed by atoms with Gasteiger partial charge in [-0.25, -0.2) is 0 Å². The lowest BCUT2D eigenvalue weighted by Crippen LogP contribution is -1.69. The van der Waals surface area contributed by atoms with Crippen molar-refractivity contribution in [1.29, 1.82) is 0 Å². The number of hydrogen-bond donors (Lipinski definition) is 0. The highest BCUT2D eigenvalue weighted by molar-refractivity contribution is 6.38. The van der Waals surface area contributed by atoms with Crippen LogP contribution >= 0.6 is 23.2 Å². The van der Waals surface area contributed by atoms with E-state index < -0.39 is 0 Å². The van der Waals surface area contributed by atoms with E-state index in [1.165, 1.54) is 0 Å². The molecule has 0 aromatic heterocycles. The molecule has 16 heavy (non-hydrogen) atoms. The van der Waals surface area contributed by atoms with E-state index in [1.54, 1.807) is 18.2 Å². The molecule has 2 aromatic rings. The summed E-state index contributed by atoms with van der Waals surface area (Å²) in [6.45, 7) is 0. The fourth-order valence-electron chi connectivity index (χ4n) is 1.19. The summed E-state index contributed by atoms with van der Waals surface area (Å²) in [5.41, 5.74) is 1.26. The van der Waals surface area contributed by atoms with Crippen LogP contribution in [0.3, 0.4) is 0 Å². The third kappa shape index (κ3) is 2.60. The van der Waals surface area contributed by atoms with E-state index in [0.29, 0.717) is 15.7 Å². The summed E-state index contributed by atoms with van der Waals surface area (Å²) < 4.78 is 0. The molecule has 0 bridgehead atoms. The molecule has 80 valence electrons. The van der Waals surface area contributed by atoms with Crippen LogP contribution in [0.2, 0.25) is 10.0 Å². The molecule has 0 saturated carbocycles. The Hall–Kier alpha value is -1.38. The van der Waals surface area contributed by atoms with Crippen molar-refractivity contribution in [3.8, 4) is 0 Å². The van der Waals surface area contributed by atoms with E-state index in [2.05, 4.69) is 10.2 Å². The van der Waals surface area contributed by atoms with Crippen molar-refractivity contribution >= 4 is 34.6 Å². The summed E-state index contributed by atoms with van der Waals surface area (Å²) in [7, 11) is 0. The average molecular weight is 251 g/mol. The van der Waals surface area contributed by atoms with Gasteiger partial charge in [-0.05, 0) is 24.3 Å². The topological polar surface area (TPSA) is 24.7 Å². The fourth-order valence-corrected chi connectivity index (χ4v) is 1.66. The first-order valence-corrected chi connectivity index (χ1v) is 5.44. The first-order chi connectivity index (χ1) is 7.77. The Morgan fingerprint density at radius 3 is 1.94 bits per heavy atom. The second-order valence-corrected chi connectivity index (χ2v) is 3.92. The highest BCUT2D eigenvalue weighted by atomic mass is 35.5. The molecule has 0 aliphatic heterocycles. The third-order valence-corrected chi connectivity index (χ3v) is 2.57.